The van der Waals surface area contributed by atoms with Gasteiger partial charge >= 0.3 is 0 Å². The average Bonchev–Trinajstić information content (AvgIpc) is 3.01. The zero-order chi connectivity index (χ0) is 12.8. The van der Waals surface area contributed by atoms with Gasteiger partial charge in [0.25, 0.3) is 0 Å². The van der Waals surface area contributed by atoms with Crippen LogP contribution in [0.4, 0.5) is 0 Å². The van der Waals surface area contributed by atoms with Crippen molar-refractivity contribution >= 4 is 0 Å². The highest BCUT2D eigenvalue weighted by Gasteiger charge is 2.75. The summed E-state index contributed by atoms with van der Waals surface area (Å²) in [6.07, 6.45) is 10.5. The highest BCUT2D eigenvalue weighted by Crippen LogP contribution is 2.77. The van der Waals surface area contributed by atoms with E-state index in [0.29, 0.717) is 10.8 Å². The van der Waals surface area contributed by atoms with E-state index in [0.717, 1.165) is 18.3 Å². The van der Waals surface area contributed by atoms with Crippen molar-refractivity contribution in [3.63, 3.8) is 0 Å². The SMILES string of the molecule is CC1(C)C2CCC1(C)C(O)(C13CCC(CC1)C3)C2. The van der Waals surface area contributed by atoms with Crippen LogP contribution < -0.4 is 0 Å². The van der Waals surface area contributed by atoms with Crippen LogP contribution in [-0.4, -0.2) is 10.7 Å². The molecule has 0 aliphatic heterocycles. The maximum absolute atomic E-state index is 11.8. The van der Waals surface area contributed by atoms with Gasteiger partial charge in [0.1, 0.15) is 0 Å². The van der Waals surface area contributed by atoms with E-state index in [1.807, 2.05) is 0 Å². The lowest BCUT2D eigenvalue weighted by atomic mass is 9.54. The van der Waals surface area contributed by atoms with E-state index in [1.165, 1.54) is 44.9 Å². The molecule has 0 heterocycles. The minimum absolute atomic E-state index is 0.171. The molecule has 0 radical (unpaired) electrons. The van der Waals surface area contributed by atoms with Crippen LogP contribution in [0.5, 0.6) is 0 Å². The van der Waals surface area contributed by atoms with E-state index >= 15 is 0 Å². The van der Waals surface area contributed by atoms with Crippen molar-refractivity contribution in [1.29, 1.82) is 0 Å². The van der Waals surface area contributed by atoms with E-state index in [9.17, 15) is 5.11 Å². The Bertz CT molecular complexity index is 390. The summed E-state index contributed by atoms with van der Waals surface area (Å²) in [6, 6.07) is 0. The van der Waals surface area contributed by atoms with Crippen LogP contribution >= 0.6 is 0 Å². The summed E-state index contributed by atoms with van der Waals surface area (Å²) in [5, 5.41) is 11.8. The fourth-order valence-corrected chi connectivity index (χ4v) is 6.85. The molecule has 4 saturated carbocycles. The zero-order valence-corrected chi connectivity index (χ0v) is 12.3. The maximum atomic E-state index is 11.8. The predicted octanol–water partition coefficient (Wildman–Crippen LogP) is 4.14. The van der Waals surface area contributed by atoms with E-state index < -0.39 is 0 Å². The molecule has 4 fully saturated rings. The molecule has 1 heteroatoms. The Hall–Kier alpha value is -0.0400. The third-order valence-corrected chi connectivity index (χ3v) is 8.51. The molecule has 3 unspecified atom stereocenters. The molecule has 4 bridgehead atoms. The lowest BCUT2D eigenvalue weighted by Crippen LogP contribution is -2.57. The molecular formula is C17H28O. The standard InChI is InChI=1S/C17H28O/c1-14(2)13-6-7-15(14,3)17(18,11-13)16-8-4-12(10-16)5-9-16/h12-13,18H,4-11H2,1-3H3. The first kappa shape index (κ1) is 11.8. The molecule has 0 aromatic heterocycles. The summed E-state index contributed by atoms with van der Waals surface area (Å²) < 4.78 is 0. The first-order chi connectivity index (χ1) is 8.35. The van der Waals surface area contributed by atoms with Crippen LogP contribution in [0.3, 0.4) is 0 Å². The van der Waals surface area contributed by atoms with Gasteiger partial charge < -0.3 is 5.11 Å². The zero-order valence-electron chi connectivity index (χ0n) is 12.3. The monoisotopic (exact) mass is 248 g/mol. The molecule has 0 amide bonds. The summed E-state index contributed by atoms with van der Waals surface area (Å²) in [6.45, 7) is 7.28. The molecule has 18 heavy (non-hydrogen) atoms. The quantitative estimate of drug-likeness (QED) is 0.739. The highest BCUT2D eigenvalue weighted by atomic mass is 16.3. The van der Waals surface area contributed by atoms with Gasteiger partial charge in [-0.2, -0.15) is 0 Å². The van der Waals surface area contributed by atoms with Gasteiger partial charge in [-0.25, -0.2) is 0 Å². The third kappa shape index (κ3) is 0.961. The van der Waals surface area contributed by atoms with Crippen molar-refractivity contribution in [3.05, 3.63) is 0 Å². The van der Waals surface area contributed by atoms with Gasteiger partial charge in [-0.15, -0.1) is 0 Å². The second kappa shape index (κ2) is 3.00. The Morgan fingerprint density at radius 1 is 0.889 bits per heavy atom. The number of rotatable bonds is 1. The molecule has 0 aromatic rings. The molecule has 0 aromatic carbocycles. The van der Waals surface area contributed by atoms with E-state index in [2.05, 4.69) is 20.8 Å². The van der Waals surface area contributed by atoms with Gasteiger partial charge in [0.15, 0.2) is 0 Å². The number of aliphatic hydroxyl groups is 1. The molecule has 4 rings (SSSR count). The first-order valence-corrected chi connectivity index (χ1v) is 8.07. The molecule has 102 valence electrons. The van der Waals surface area contributed by atoms with Crippen molar-refractivity contribution in [2.24, 2.45) is 28.1 Å². The van der Waals surface area contributed by atoms with E-state index in [-0.39, 0.29) is 11.0 Å². The molecule has 1 N–H and O–H groups in total. The molecule has 3 atom stereocenters. The number of hydrogen-bond donors (Lipinski definition) is 1. The van der Waals surface area contributed by atoms with E-state index in [4.69, 9.17) is 0 Å². The van der Waals surface area contributed by atoms with Gasteiger partial charge in [-0.1, -0.05) is 20.8 Å². The van der Waals surface area contributed by atoms with Crippen molar-refractivity contribution in [1.82, 2.24) is 0 Å². The van der Waals surface area contributed by atoms with Gasteiger partial charge in [-0.3, -0.25) is 0 Å². The van der Waals surface area contributed by atoms with Crippen LogP contribution in [0.2, 0.25) is 0 Å². The highest BCUT2D eigenvalue weighted by molar-refractivity contribution is 5.24. The molecule has 1 nitrogen and oxygen atoms in total. The Balaban J connectivity index is 1.82. The summed E-state index contributed by atoms with van der Waals surface area (Å²) in [5.41, 5.74) is 0.470. The molecule has 0 saturated heterocycles. The summed E-state index contributed by atoms with van der Waals surface area (Å²) in [7, 11) is 0. The summed E-state index contributed by atoms with van der Waals surface area (Å²) >= 11 is 0. The smallest absolute Gasteiger partial charge is 0.0765 e. The normalized spacial score (nSPS) is 60.7. The van der Waals surface area contributed by atoms with Gasteiger partial charge in [0.2, 0.25) is 0 Å². The van der Waals surface area contributed by atoms with Crippen LogP contribution in [0.15, 0.2) is 0 Å². The minimum atomic E-state index is -0.350. The molecular weight excluding hydrogens is 220 g/mol. The minimum Gasteiger partial charge on any atom is -0.389 e. The fraction of sp³-hybridized carbons (Fsp3) is 1.00. The fourth-order valence-electron chi connectivity index (χ4n) is 6.85. The molecule has 4 aliphatic rings. The van der Waals surface area contributed by atoms with Crippen molar-refractivity contribution in [2.45, 2.75) is 77.7 Å². The number of hydrogen-bond acceptors (Lipinski definition) is 1. The Labute approximate surface area is 111 Å². The van der Waals surface area contributed by atoms with Crippen molar-refractivity contribution in [2.75, 3.05) is 0 Å². The lowest BCUT2D eigenvalue weighted by Gasteiger charge is -2.54. The van der Waals surface area contributed by atoms with Gasteiger partial charge in [-0.05, 0) is 74.0 Å². The van der Waals surface area contributed by atoms with Crippen LogP contribution in [0.25, 0.3) is 0 Å². The Morgan fingerprint density at radius 3 is 1.94 bits per heavy atom. The second-order valence-corrected chi connectivity index (χ2v) is 8.78. The topological polar surface area (TPSA) is 20.2 Å². The van der Waals surface area contributed by atoms with Gasteiger partial charge in [0.05, 0.1) is 5.60 Å². The van der Waals surface area contributed by atoms with Gasteiger partial charge in [0, 0.05) is 5.41 Å². The lowest BCUT2D eigenvalue weighted by molar-refractivity contribution is -0.173. The summed E-state index contributed by atoms with van der Waals surface area (Å²) in [4.78, 5) is 0. The molecule has 4 aliphatic carbocycles. The maximum Gasteiger partial charge on any atom is 0.0765 e. The second-order valence-electron chi connectivity index (χ2n) is 8.78. The largest absolute Gasteiger partial charge is 0.389 e. The van der Waals surface area contributed by atoms with Crippen LogP contribution in [0.1, 0.15) is 72.1 Å². The average molecular weight is 248 g/mol. The number of fused-ring (bicyclic) bond motifs is 4. The van der Waals surface area contributed by atoms with Crippen molar-refractivity contribution < 1.29 is 5.11 Å². The van der Waals surface area contributed by atoms with E-state index in [1.54, 1.807) is 0 Å². The van der Waals surface area contributed by atoms with Crippen molar-refractivity contribution in [3.8, 4) is 0 Å². The molecule has 0 spiro atoms. The first-order valence-electron chi connectivity index (χ1n) is 8.07. The van der Waals surface area contributed by atoms with Crippen LogP contribution in [0, 0.1) is 28.1 Å². The predicted molar refractivity (Wildman–Crippen MR) is 73.2 cm³/mol. The third-order valence-electron chi connectivity index (χ3n) is 8.51. The Morgan fingerprint density at radius 2 is 1.56 bits per heavy atom. The summed E-state index contributed by atoms with van der Waals surface area (Å²) in [5.74, 6) is 1.71. The Kier molecular flexibility index (Phi) is 1.96. The van der Waals surface area contributed by atoms with Crippen LogP contribution in [-0.2, 0) is 0 Å².